The van der Waals surface area contributed by atoms with E-state index >= 15 is 0 Å². The van der Waals surface area contributed by atoms with Gasteiger partial charge >= 0.3 is 5.97 Å². The van der Waals surface area contributed by atoms with Gasteiger partial charge in [0.25, 0.3) is 5.91 Å². The van der Waals surface area contributed by atoms with Crippen LogP contribution in [0.15, 0.2) is 60.9 Å². The van der Waals surface area contributed by atoms with Crippen molar-refractivity contribution in [1.82, 2.24) is 4.98 Å². The Morgan fingerprint density at radius 3 is 2.52 bits per heavy atom. The fraction of sp³-hybridized carbons (Fsp3) is 0.0556. The summed E-state index contributed by atoms with van der Waals surface area (Å²) >= 11 is 0. The Morgan fingerprint density at radius 2 is 1.78 bits per heavy atom. The molecule has 3 rings (SSSR count). The zero-order valence-electron chi connectivity index (χ0n) is 12.2. The van der Waals surface area contributed by atoms with E-state index in [0.717, 1.165) is 10.8 Å². The van der Waals surface area contributed by atoms with Crippen LogP contribution in [0.2, 0.25) is 0 Å². The molecule has 2 N–H and O–H groups in total. The summed E-state index contributed by atoms with van der Waals surface area (Å²) in [5.74, 6) is -1.13. The molecule has 0 aliphatic carbocycles. The number of pyridine rings is 1. The Bertz CT molecular complexity index is 873. The van der Waals surface area contributed by atoms with Gasteiger partial charge in [-0.1, -0.05) is 18.2 Å². The van der Waals surface area contributed by atoms with Crippen molar-refractivity contribution in [2.75, 3.05) is 5.32 Å². The number of nitrogens with zero attached hydrogens (tertiary/aromatic N) is 1. The van der Waals surface area contributed by atoms with Crippen LogP contribution in [0.3, 0.4) is 0 Å². The normalized spacial score (nSPS) is 10.4. The zero-order chi connectivity index (χ0) is 16.2. The van der Waals surface area contributed by atoms with Crippen LogP contribution in [0.25, 0.3) is 10.8 Å². The Balaban J connectivity index is 1.76. The fourth-order valence-corrected chi connectivity index (χ4v) is 2.31. The van der Waals surface area contributed by atoms with Crippen LogP contribution in [0.1, 0.15) is 15.9 Å². The molecule has 3 aromatic rings. The molecule has 0 radical (unpaired) electrons. The van der Waals surface area contributed by atoms with Crippen LogP contribution in [0, 0.1) is 0 Å². The summed E-state index contributed by atoms with van der Waals surface area (Å²) < 4.78 is 0. The van der Waals surface area contributed by atoms with E-state index < -0.39 is 5.97 Å². The lowest BCUT2D eigenvalue weighted by atomic mass is 10.1. The summed E-state index contributed by atoms with van der Waals surface area (Å²) in [4.78, 5) is 26.9. The molecular weight excluding hydrogens is 292 g/mol. The average molecular weight is 306 g/mol. The first-order chi connectivity index (χ1) is 11.1. The summed E-state index contributed by atoms with van der Waals surface area (Å²) in [5, 5.41) is 13.6. The predicted octanol–water partition coefficient (Wildman–Crippen LogP) is 3.11. The number of anilines is 1. The third-order valence-corrected chi connectivity index (χ3v) is 3.47. The van der Waals surface area contributed by atoms with Crippen LogP contribution < -0.4 is 5.32 Å². The molecule has 114 valence electrons. The van der Waals surface area contributed by atoms with E-state index in [0.29, 0.717) is 16.8 Å². The largest absolute Gasteiger partial charge is 0.481 e. The highest BCUT2D eigenvalue weighted by Crippen LogP contribution is 2.18. The molecule has 0 saturated heterocycles. The maximum atomic E-state index is 12.2. The summed E-state index contributed by atoms with van der Waals surface area (Å²) in [6.45, 7) is 0. The molecule has 0 fully saturated rings. The minimum Gasteiger partial charge on any atom is -0.481 e. The first-order valence-corrected chi connectivity index (χ1v) is 7.08. The quantitative estimate of drug-likeness (QED) is 0.776. The predicted molar refractivity (Wildman–Crippen MR) is 87.5 cm³/mol. The number of benzene rings is 2. The molecule has 1 amide bonds. The maximum Gasteiger partial charge on any atom is 0.307 e. The molecule has 0 atom stereocenters. The lowest BCUT2D eigenvalue weighted by molar-refractivity contribution is -0.136. The van der Waals surface area contributed by atoms with Gasteiger partial charge in [-0.05, 0) is 41.3 Å². The second-order valence-corrected chi connectivity index (χ2v) is 5.16. The van der Waals surface area contributed by atoms with Crippen molar-refractivity contribution in [2.24, 2.45) is 0 Å². The van der Waals surface area contributed by atoms with Gasteiger partial charge in [0, 0.05) is 29.0 Å². The Hall–Kier alpha value is -3.21. The van der Waals surface area contributed by atoms with Crippen LogP contribution in [0.4, 0.5) is 5.69 Å². The van der Waals surface area contributed by atoms with Crippen molar-refractivity contribution in [2.45, 2.75) is 6.42 Å². The zero-order valence-corrected chi connectivity index (χ0v) is 12.2. The highest BCUT2D eigenvalue weighted by Gasteiger charge is 2.07. The molecule has 23 heavy (non-hydrogen) atoms. The summed E-state index contributed by atoms with van der Waals surface area (Å²) in [6.07, 6.45) is 3.41. The minimum atomic E-state index is -0.896. The molecule has 5 nitrogen and oxygen atoms in total. The molecule has 0 unspecified atom stereocenters. The average Bonchev–Trinajstić information content (AvgIpc) is 2.55. The fourth-order valence-electron chi connectivity index (χ4n) is 2.31. The number of carboxylic acids is 1. The number of nitrogens with one attached hydrogen (secondary N) is 1. The number of carboxylic acid groups (broad SMARTS) is 1. The van der Waals surface area contributed by atoms with Gasteiger partial charge in [0.2, 0.25) is 0 Å². The second kappa shape index (κ2) is 6.27. The number of aromatic nitrogens is 1. The van der Waals surface area contributed by atoms with E-state index in [4.69, 9.17) is 5.11 Å². The Morgan fingerprint density at radius 1 is 1.00 bits per heavy atom. The molecule has 0 aliphatic rings. The van der Waals surface area contributed by atoms with Gasteiger partial charge in [-0.25, -0.2) is 0 Å². The van der Waals surface area contributed by atoms with Crippen LogP contribution >= 0.6 is 0 Å². The Kier molecular flexibility index (Phi) is 4.01. The number of hydrogen-bond acceptors (Lipinski definition) is 3. The van der Waals surface area contributed by atoms with Gasteiger partial charge in [-0.15, -0.1) is 0 Å². The lowest BCUT2D eigenvalue weighted by Crippen LogP contribution is -2.12. The number of carbonyl (C=O) groups excluding carboxylic acids is 1. The van der Waals surface area contributed by atoms with Crippen molar-refractivity contribution in [3.8, 4) is 0 Å². The van der Waals surface area contributed by atoms with E-state index in [2.05, 4.69) is 10.3 Å². The van der Waals surface area contributed by atoms with E-state index in [9.17, 15) is 9.59 Å². The van der Waals surface area contributed by atoms with Gasteiger partial charge in [-0.3, -0.25) is 14.6 Å². The van der Waals surface area contributed by atoms with Crippen LogP contribution in [-0.4, -0.2) is 22.0 Å². The number of amides is 1. The van der Waals surface area contributed by atoms with Gasteiger partial charge in [0.1, 0.15) is 0 Å². The second-order valence-electron chi connectivity index (χ2n) is 5.16. The summed E-state index contributed by atoms with van der Waals surface area (Å²) in [5.41, 5.74) is 1.84. The van der Waals surface area contributed by atoms with Gasteiger partial charge < -0.3 is 10.4 Å². The monoisotopic (exact) mass is 306 g/mol. The van der Waals surface area contributed by atoms with E-state index in [1.54, 1.807) is 36.7 Å². The third kappa shape index (κ3) is 3.52. The molecule has 0 bridgehead atoms. The molecule has 2 aromatic carbocycles. The number of fused-ring (bicyclic) bond motifs is 1. The Labute approximate surface area is 132 Å². The number of rotatable bonds is 4. The number of aliphatic carboxylic acids is 1. The maximum absolute atomic E-state index is 12.2. The van der Waals surface area contributed by atoms with Crippen LogP contribution in [0.5, 0.6) is 0 Å². The van der Waals surface area contributed by atoms with Crippen molar-refractivity contribution >= 4 is 28.3 Å². The highest BCUT2D eigenvalue weighted by atomic mass is 16.4. The number of carbonyl (C=O) groups is 2. The van der Waals surface area contributed by atoms with Crippen molar-refractivity contribution in [3.63, 3.8) is 0 Å². The molecule has 5 heteroatoms. The lowest BCUT2D eigenvalue weighted by Gasteiger charge is -2.07. The number of hydrogen-bond donors (Lipinski definition) is 2. The van der Waals surface area contributed by atoms with E-state index in [1.165, 1.54) is 0 Å². The first-order valence-electron chi connectivity index (χ1n) is 7.08. The summed E-state index contributed by atoms with van der Waals surface area (Å²) in [6, 6.07) is 14.0. The van der Waals surface area contributed by atoms with Gasteiger partial charge in [0.15, 0.2) is 0 Å². The van der Waals surface area contributed by atoms with Crippen molar-refractivity contribution in [3.05, 3.63) is 72.1 Å². The highest BCUT2D eigenvalue weighted by molar-refractivity contribution is 6.05. The molecule has 0 saturated carbocycles. The molecule has 1 aromatic heterocycles. The molecular formula is C18H14N2O3. The van der Waals surface area contributed by atoms with Gasteiger partial charge in [-0.2, -0.15) is 0 Å². The van der Waals surface area contributed by atoms with Crippen molar-refractivity contribution in [1.29, 1.82) is 0 Å². The topological polar surface area (TPSA) is 79.3 Å². The molecule has 1 heterocycles. The SMILES string of the molecule is O=C(O)Cc1ccc(C(=O)Nc2ccc3cnccc3c2)cc1. The molecule has 0 aliphatic heterocycles. The summed E-state index contributed by atoms with van der Waals surface area (Å²) in [7, 11) is 0. The van der Waals surface area contributed by atoms with Crippen molar-refractivity contribution < 1.29 is 14.7 Å². The molecule has 0 spiro atoms. The third-order valence-electron chi connectivity index (χ3n) is 3.47. The standard InChI is InChI=1S/C18H14N2O3/c21-17(22)9-12-1-3-13(4-2-12)18(23)20-16-6-5-15-11-19-8-7-14(15)10-16/h1-8,10-11H,9H2,(H,20,23)(H,21,22). The van der Waals surface area contributed by atoms with Gasteiger partial charge in [0.05, 0.1) is 6.42 Å². The smallest absolute Gasteiger partial charge is 0.307 e. The minimum absolute atomic E-state index is 0.0550. The first kappa shape index (κ1) is 14.7. The van der Waals surface area contributed by atoms with Crippen LogP contribution in [-0.2, 0) is 11.2 Å². The van der Waals surface area contributed by atoms with E-state index in [-0.39, 0.29) is 12.3 Å². The van der Waals surface area contributed by atoms with E-state index in [1.807, 2.05) is 24.3 Å².